The summed E-state index contributed by atoms with van der Waals surface area (Å²) in [6.45, 7) is 7.84. The average molecular weight is 236 g/mol. The molecule has 0 radical (unpaired) electrons. The Morgan fingerprint density at radius 3 is 2.29 bits per heavy atom. The van der Waals surface area contributed by atoms with Crippen LogP contribution in [0.2, 0.25) is 0 Å². The maximum absolute atomic E-state index is 10.7. The molecule has 4 fully saturated rings. The van der Waals surface area contributed by atoms with Crippen LogP contribution in [-0.2, 0) is 4.74 Å². The van der Waals surface area contributed by atoms with Crippen molar-refractivity contribution in [3.63, 3.8) is 0 Å². The number of rotatable bonds is 0. The fraction of sp³-hybridized carbons (Fsp3) is 1.00. The van der Waals surface area contributed by atoms with Gasteiger partial charge in [-0.3, -0.25) is 0 Å². The van der Waals surface area contributed by atoms with Gasteiger partial charge in [0.1, 0.15) is 0 Å². The van der Waals surface area contributed by atoms with Crippen LogP contribution in [0.4, 0.5) is 0 Å². The van der Waals surface area contributed by atoms with E-state index in [0.717, 1.165) is 24.9 Å². The molecule has 0 bridgehead atoms. The van der Waals surface area contributed by atoms with Gasteiger partial charge in [-0.2, -0.15) is 0 Å². The van der Waals surface area contributed by atoms with E-state index in [2.05, 4.69) is 20.8 Å². The van der Waals surface area contributed by atoms with Crippen molar-refractivity contribution >= 4 is 0 Å². The van der Waals surface area contributed by atoms with Crippen LogP contribution < -0.4 is 0 Å². The van der Waals surface area contributed by atoms with E-state index in [1.165, 1.54) is 19.3 Å². The van der Waals surface area contributed by atoms with Gasteiger partial charge in [0.05, 0.1) is 17.8 Å². The second-order valence-corrected chi connectivity index (χ2v) is 7.87. The lowest BCUT2D eigenvalue weighted by atomic mass is 9.75. The molecular weight excluding hydrogens is 212 g/mol. The van der Waals surface area contributed by atoms with Crippen LogP contribution in [0.25, 0.3) is 0 Å². The monoisotopic (exact) mass is 236 g/mol. The van der Waals surface area contributed by atoms with Crippen molar-refractivity contribution in [2.75, 3.05) is 6.61 Å². The first kappa shape index (κ1) is 10.8. The number of ether oxygens (including phenoxy) is 1. The second-order valence-electron chi connectivity index (χ2n) is 7.87. The van der Waals surface area contributed by atoms with Gasteiger partial charge in [0.25, 0.3) is 0 Å². The number of aliphatic hydroxyl groups is 1. The molecule has 1 spiro atoms. The first-order valence-electron chi connectivity index (χ1n) is 7.25. The highest BCUT2D eigenvalue weighted by atomic mass is 16.6. The summed E-state index contributed by atoms with van der Waals surface area (Å²) in [6.07, 6.45) is 4.72. The fourth-order valence-corrected chi connectivity index (χ4v) is 5.54. The van der Waals surface area contributed by atoms with Crippen molar-refractivity contribution in [2.45, 2.75) is 57.7 Å². The molecule has 4 rings (SSSR count). The number of hydrogen-bond acceptors (Lipinski definition) is 2. The van der Waals surface area contributed by atoms with Crippen LogP contribution >= 0.6 is 0 Å². The molecule has 2 nitrogen and oxygen atoms in total. The van der Waals surface area contributed by atoms with Crippen LogP contribution in [0.5, 0.6) is 0 Å². The lowest BCUT2D eigenvalue weighted by molar-refractivity contribution is -0.0155. The van der Waals surface area contributed by atoms with Crippen molar-refractivity contribution in [2.24, 2.45) is 29.1 Å². The summed E-state index contributed by atoms with van der Waals surface area (Å²) < 4.78 is 5.85. The zero-order valence-electron chi connectivity index (χ0n) is 11.2. The Morgan fingerprint density at radius 1 is 1.00 bits per heavy atom. The highest BCUT2D eigenvalue weighted by Crippen LogP contribution is 2.73. The maximum atomic E-state index is 10.7. The van der Waals surface area contributed by atoms with Crippen LogP contribution in [0.3, 0.4) is 0 Å². The average Bonchev–Trinajstić information content (AvgIpc) is 3.08. The molecule has 2 heteroatoms. The number of epoxide rings is 1. The summed E-state index contributed by atoms with van der Waals surface area (Å²) in [7, 11) is 0. The van der Waals surface area contributed by atoms with Gasteiger partial charge in [-0.1, -0.05) is 13.8 Å². The predicted molar refractivity (Wildman–Crippen MR) is 65.5 cm³/mol. The summed E-state index contributed by atoms with van der Waals surface area (Å²) in [5.41, 5.74) is 0.215. The van der Waals surface area contributed by atoms with E-state index in [1.54, 1.807) is 0 Å². The SMILES string of the molecule is CC1(C)[C@H]2[C@H]3[C@H](CC[C@@]3(C)O)C3(CC[C@H]21)CO3. The second kappa shape index (κ2) is 2.75. The third kappa shape index (κ3) is 1.19. The van der Waals surface area contributed by atoms with Crippen molar-refractivity contribution in [1.82, 2.24) is 0 Å². The molecule has 3 aliphatic carbocycles. The molecule has 0 aromatic heterocycles. The predicted octanol–water partition coefficient (Wildman–Crippen LogP) is 2.60. The fourth-order valence-electron chi connectivity index (χ4n) is 5.54. The Hall–Kier alpha value is -0.0800. The summed E-state index contributed by atoms with van der Waals surface area (Å²) in [5.74, 6) is 2.71. The molecule has 1 unspecified atom stereocenters. The van der Waals surface area contributed by atoms with Gasteiger partial charge in [0.2, 0.25) is 0 Å². The molecule has 0 aromatic rings. The molecule has 96 valence electrons. The normalized spacial score (nSPS) is 62.8. The van der Waals surface area contributed by atoms with Gasteiger partial charge in [0.15, 0.2) is 0 Å². The topological polar surface area (TPSA) is 32.8 Å². The Morgan fingerprint density at radius 2 is 1.65 bits per heavy atom. The Labute approximate surface area is 104 Å². The number of fused-ring (bicyclic) bond motifs is 4. The van der Waals surface area contributed by atoms with Crippen molar-refractivity contribution in [1.29, 1.82) is 0 Å². The summed E-state index contributed by atoms with van der Waals surface area (Å²) in [4.78, 5) is 0. The molecule has 17 heavy (non-hydrogen) atoms. The van der Waals surface area contributed by atoms with Gasteiger partial charge in [0, 0.05) is 0 Å². The standard InChI is InChI=1S/C15H24O2/c1-13(2)9-5-7-15(8-17-15)10-4-6-14(3,16)12(10)11(9)13/h9-12,16H,4-8H2,1-3H3/t9-,10+,11-,12-,14-,15?/m1/s1. The Bertz CT molecular complexity index is 367. The van der Waals surface area contributed by atoms with E-state index >= 15 is 0 Å². The van der Waals surface area contributed by atoms with Crippen LogP contribution in [0, 0.1) is 29.1 Å². The van der Waals surface area contributed by atoms with Gasteiger partial charge in [-0.05, 0) is 61.7 Å². The van der Waals surface area contributed by atoms with Crippen molar-refractivity contribution in [3.05, 3.63) is 0 Å². The third-order valence-corrected chi connectivity index (χ3v) is 6.71. The summed E-state index contributed by atoms with van der Waals surface area (Å²) >= 11 is 0. The first-order valence-corrected chi connectivity index (χ1v) is 7.25. The van der Waals surface area contributed by atoms with E-state index < -0.39 is 5.60 Å². The third-order valence-electron chi connectivity index (χ3n) is 6.71. The zero-order valence-corrected chi connectivity index (χ0v) is 11.2. The van der Waals surface area contributed by atoms with E-state index in [1.807, 2.05) is 0 Å². The lowest BCUT2D eigenvalue weighted by Crippen LogP contribution is -2.39. The van der Waals surface area contributed by atoms with Crippen LogP contribution in [0.15, 0.2) is 0 Å². The molecule has 0 amide bonds. The molecule has 1 N–H and O–H groups in total. The van der Waals surface area contributed by atoms with Gasteiger partial charge in [-0.25, -0.2) is 0 Å². The molecule has 1 saturated heterocycles. The van der Waals surface area contributed by atoms with Gasteiger partial charge in [-0.15, -0.1) is 0 Å². The quantitative estimate of drug-likeness (QED) is 0.656. The minimum absolute atomic E-state index is 0.189. The highest BCUT2D eigenvalue weighted by Gasteiger charge is 2.72. The van der Waals surface area contributed by atoms with Crippen LogP contribution in [0.1, 0.15) is 46.5 Å². The van der Waals surface area contributed by atoms with Crippen molar-refractivity contribution < 1.29 is 9.84 Å². The minimum atomic E-state index is -0.440. The zero-order chi connectivity index (χ0) is 12.1. The van der Waals surface area contributed by atoms with Crippen molar-refractivity contribution in [3.8, 4) is 0 Å². The van der Waals surface area contributed by atoms with Gasteiger partial charge >= 0.3 is 0 Å². The van der Waals surface area contributed by atoms with E-state index in [4.69, 9.17) is 4.74 Å². The van der Waals surface area contributed by atoms with E-state index in [9.17, 15) is 5.11 Å². The summed E-state index contributed by atoms with van der Waals surface area (Å²) in [6, 6.07) is 0. The molecule has 1 aliphatic heterocycles. The highest BCUT2D eigenvalue weighted by molar-refractivity contribution is 5.21. The summed E-state index contributed by atoms with van der Waals surface area (Å²) in [5, 5.41) is 10.7. The Balaban J connectivity index is 1.75. The maximum Gasteiger partial charge on any atom is 0.0948 e. The first-order chi connectivity index (χ1) is 7.89. The number of hydrogen-bond donors (Lipinski definition) is 1. The molecule has 0 aromatic carbocycles. The molecule has 6 atom stereocenters. The largest absolute Gasteiger partial charge is 0.390 e. The molecule has 1 heterocycles. The smallest absolute Gasteiger partial charge is 0.0948 e. The lowest BCUT2D eigenvalue weighted by Gasteiger charge is -2.33. The molecular formula is C15H24O2. The van der Waals surface area contributed by atoms with Gasteiger partial charge < -0.3 is 9.84 Å². The van der Waals surface area contributed by atoms with Crippen LogP contribution in [-0.4, -0.2) is 22.9 Å². The molecule has 4 aliphatic rings. The van der Waals surface area contributed by atoms with E-state index in [-0.39, 0.29) is 5.60 Å². The molecule has 3 saturated carbocycles. The minimum Gasteiger partial charge on any atom is -0.390 e. The Kier molecular flexibility index (Phi) is 1.75. The van der Waals surface area contributed by atoms with E-state index in [0.29, 0.717) is 17.3 Å².